The molecule has 0 bridgehead atoms. The molecule has 3 N–H and O–H groups in total. The summed E-state index contributed by atoms with van der Waals surface area (Å²) in [5, 5.41) is 14.9. The van der Waals surface area contributed by atoms with Crippen molar-refractivity contribution in [1.29, 1.82) is 0 Å². The van der Waals surface area contributed by atoms with Crippen molar-refractivity contribution in [3.63, 3.8) is 0 Å². The van der Waals surface area contributed by atoms with Crippen LogP contribution < -0.4 is 10.6 Å². The largest absolute Gasteiger partial charge is 0.394 e. The SMILES string of the molecule is CCC(CO)NC(=O)NC(c1ccccc1)C(C)(C)C. The van der Waals surface area contributed by atoms with Crippen molar-refractivity contribution >= 4 is 6.03 Å². The van der Waals surface area contributed by atoms with Crippen LogP contribution >= 0.6 is 0 Å². The van der Waals surface area contributed by atoms with E-state index in [2.05, 4.69) is 31.4 Å². The number of carbonyl (C=O) groups excluding carboxylic acids is 1. The minimum absolute atomic E-state index is 0.0462. The van der Waals surface area contributed by atoms with Crippen molar-refractivity contribution < 1.29 is 9.90 Å². The standard InChI is InChI=1S/C16H26N2O2/c1-5-13(11-19)17-15(20)18-14(16(2,3)4)12-9-7-6-8-10-12/h6-10,13-14,19H,5,11H2,1-4H3,(H2,17,18,20). The number of rotatable bonds is 5. The van der Waals surface area contributed by atoms with Crippen LogP contribution in [0.2, 0.25) is 0 Å². The molecular weight excluding hydrogens is 252 g/mol. The Morgan fingerprint density at radius 1 is 1.20 bits per heavy atom. The van der Waals surface area contributed by atoms with Gasteiger partial charge in [-0.3, -0.25) is 0 Å². The van der Waals surface area contributed by atoms with Crippen molar-refractivity contribution in [3.05, 3.63) is 35.9 Å². The monoisotopic (exact) mass is 278 g/mol. The summed E-state index contributed by atoms with van der Waals surface area (Å²) in [6, 6.07) is 9.40. The quantitative estimate of drug-likeness (QED) is 0.775. The van der Waals surface area contributed by atoms with Crippen LogP contribution in [0.15, 0.2) is 30.3 Å². The maximum atomic E-state index is 12.1. The third kappa shape index (κ3) is 4.85. The Morgan fingerprint density at radius 2 is 1.80 bits per heavy atom. The van der Waals surface area contributed by atoms with E-state index in [9.17, 15) is 4.79 Å². The lowest BCUT2D eigenvalue weighted by atomic mass is 9.82. The lowest BCUT2D eigenvalue weighted by molar-refractivity contribution is 0.200. The van der Waals surface area contributed by atoms with Crippen LogP contribution in [0.5, 0.6) is 0 Å². The molecule has 1 aromatic carbocycles. The number of hydrogen-bond donors (Lipinski definition) is 3. The molecule has 4 nitrogen and oxygen atoms in total. The minimum Gasteiger partial charge on any atom is -0.394 e. The summed E-state index contributed by atoms with van der Waals surface area (Å²) in [5.41, 5.74) is 0.979. The molecule has 1 aromatic rings. The Hall–Kier alpha value is -1.55. The Morgan fingerprint density at radius 3 is 2.25 bits per heavy atom. The Kier molecular flexibility index (Phi) is 6.02. The maximum absolute atomic E-state index is 12.1. The lowest BCUT2D eigenvalue weighted by Gasteiger charge is -2.32. The first-order chi connectivity index (χ1) is 9.38. The van der Waals surface area contributed by atoms with E-state index in [1.165, 1.54) is 0 Å². The molecule has 0 radical (unpaired) electrons. The zero-order chi connectivity index (χ0) is 15.2. The number of nitrogens with one attached hydrogen (secondary N) is 2. The fourth-order valence-corrected chi connectivity index (χ4v) is 2.08. The van der Waals surface area contributed by atoms with Gasteiger partial charge in [0, 0.05) is 0 Å². The van der Waals surface area contributed by atoms with Gasteiger partial charge in [-0.05, 0) is 17.4 Å². The average molecular weight is 278 g/mol. The van der Waals surface area contributed by atoms with E-state index in [1.807, 2.05) is 37.3 Å². The fraction of sp³-hybridized carbons (Fsp3) is 0.562. The molecule has 1 rings (SSSR count). The van der Waals surface area contributed by atoms with Gasteiger partial charge in [-0.1, -0.05) is 58.0 Å². The lowest BCUT2D eigenvalue weighted by Crippen LogP contribution is -2.47. The molecule has 0 aliphatic heterocycles. The van der Waals surface area contributed by atoms with Crippen molar-refractivity contribution in [1.82, 2.24) is 10.6 Å². The molecule has 2 amide bonds. The highest BCUT2D eigenvalue weighted by Gasteiger charge is 2.28. The third-order valence-corrected chi connectivity index (χ3v) is 3.32. The molecule has 0 fully saturated rings. The first-order valence-corrected chi connectivity index (χ1v) is 7.11. The highest BCUT2D eigenvalue weighted by Crippen LogP contribution is 2.32. The number of hydrogen-bond acceptors (Lipinski definition) is 2. The summed E-state index contributed by atoms with van der Waals surface area (Å²) in [6.45, 7) is 8.16. The van der Waals surface area contributed by atoms with Crippen LogP contribution in [0, 0.1) is 5.41 Å². The molecule has 2 atom stereocenters. The summed E-state index contributed by atoms with van der Waals surface area (Å²) >= 11 is 0. The van der Waals surface area contributed by atoms with E-state index in [1.54, 1.807) is 0 Å². The molecule has 0 saturated heterocycles. The summed E-state index contributed by atoms with van der Waals surface area (Å²) in [7, 11) is 0. The molecule has 0 heterocycles. The number of amides is 2. The molecule has 2 unspecified atom stereocenters. The van der Waals surface area contributed by atoms with Gasteiger partial charge in [0.05, 0.1) is 18.7 Å². The Balaban J connectivity index is 2.79. The van der Waals surface area contributed by atoms with Gasteiger partial charge in [0.2, 0.25) is 0 Å². The third-order valence-electron chi connectivity index (χ3n) is 3.32. The normalized spacial score (nSPS) is 14.4. The second-order valence-electron chi connectivity index (χ2n) is 6.12. The smallest absolute Gasteiger partial charge is 0.315 e. The van der Waals surface area contributed by atoms with Crippen LogP contribution in [0.1, 0.15) is 45.7 Å². The predicted molar refractivity (Wildman–Crippen MR) is 81.5 cm³/mol. The van der Waals surface area contributed by atoms with Crippen molar-refractivity contribution in [2.24, 2.45) is 5.41 Å². The number of aliphatic hydroxyl groups is 1. The van der Waals surface area contributed by atoms with Crippen LogP contribution in [0.3, 0.4) is 0 Å². The zero-order valence-corrected chi connectivity index (χ0v) is 12.8. The number of carbonyl (C=O) groups is 1. The molecule has 0 aromatic heterocycles. The Labute approximate surface area is 121 Å². The molecule has 0 aliphatic carbocycles. The van der Waals surface area contributed by atoms with E-state index in [4.69, 9.17) is 5.11 Å². The molecular formula is C16H26N2O2. The van der Waals surface area contributed by atoms with Crippen LogP contribution in [0.4, 0.5) is 4.79 Å². The van der Waals surface area contributed by atoms with E-state index < -0.39 is 0 Å². The Bertz CT molecular complexity index is 408. The van der Waals surface area contributed by atoms with Gasteiger partial charge in [-0.2, -0.15) is 0 Å². The number of aliphatic hydroxyl groups excluding tert-OH is 1. The topological polar surface area (TPSA) is 61.4 Å². The molecule has 0 spiro atoms. The van der Waals surface area contributed by atoms with Crippen molar-refractivity contribution in [3.8, 4) is 0 Å². The van der Waals surface area contributed by atoms with Crippen LogP contribution in [0.25, 0.3) is 0 Å². The van der Waals surface area contributed by atoms with Gasteiger partial charge in [0.1, 0.15) is 0 Å². The predicted octanol–water partition coefficient (Wildman–Crippen LogP) is 2.84. The molecule has 4 heteroatoms. The number of benzene rings is 1. The molecule has 112 valence electrons. The van der Waals surface area contributed by atoms with Gasteiger partial charge in [0.25, 0.3) is 0 Å². The maximum Gasteiger partial charge on any atom is 0.315 e. The summed E-state index contributed by atoms with van der Waals surface area (Å²) in [4.78, 5) is 12.1. The van der Waals surface area contributed by atoms with Crippen LogP contribution in [-0.4, -0.2) is 23.8 Å². The van der Waals surface area contributed by atoms with E-state index in [-0.39, 0.29) is 30.1 Å². The highest BCUT2D eigenvalue weighted by atomic mass is 16.3. The van der Waals surface area contributed by atoms with Gasteiger partial charge in [-0.25, -0.2) is 4.79 Å². The van der Waals surface area contributed by atoms with E-state index in [0.29, 0.717) is 6.42 Å². The second kappa shape index (κ2) is 7.29. The van der Waals surface area contributed by atoms with Crippen molar-refractivity contribution in [2.75, 3.05) is 6.61 Å². The fourth-order valence-electron chi connectivity index (χ4n) is 2.08. The highest BCUT2D eigenvalue weighted by molar-refractivity contribution is 5.74. The first kappa shape index (κ1) is 16.5. The molecule has 0 saturated carbocycles. The van der Waals surface area contributed by atoms with E-state index in [0.717, 1.165) is 5.56 Å². The van der Waals surface area contributed by atoms with E-state index >= 15 is 0 Å². The van der Waals surface area contributed by atoms with Gasteiger partial charge in [-0.15, -0.1) is 0 Å². The minimum atomic E-state index is -0.241. The van der Waals surface area contributed by atoms with Gasteiger partial charge < -0.3 is 15.7 Å². The van der Waals surface area contributed by atoms with Gasteiger partial charge in [0.15, 0.2) is 0 Å². The first-order valence-electron chi connectivity index (χ1n) is 7.11. The van der Waals surface area contributed by atoms with Crippen LogP contribution in [-0.2, 0) is 0 Å². The van der Waals surface area contributed by atoms with Gasteiger partial charge >= 0.3 is 6.03 Å². The second-order valence-corrected chi connectivity index (χ2v) is 6.12. The zero-order valence-electron chi connectivity index (χ0n) is 12.8. The molecule has 0 aliphatic rings. The average Bonchev–Trinajstić information content (AvgIpc) is 2.42. The molecule has 20 heavy (non-hydrogen) atoms. The van der Waals surface area contributed by atoms with Crippen molar-refractivity contribution in [2.45, 2.75) is 46.2 Å². The summed E-state index contributed by atoms with van der Waals surface area (Å²) in [5.74, 6) is 0. The summed E-state index contributed by atoms with van der Waals surface area (Å²) in [6.07, 6.45) is 0.704. The summed E-state index contributed by atoms with van der Waals surface area (Å²) < 4.78 is 0. The number of urea groups is 1.